The smallest absolute Gasteiger partial charge is 0.233 e. The minimum atomic E-state index is -0.277. The van der Waals surface area contributed by atoms with Gasteiger partial charge in [-0.25, -0.2) is 0 Å². The van der Waals surface area contributed by atoms with Crippen LogP contribution in [0.2, 0.25) is 0 Å². The number of hydrogen-bond acceptors (Lipinski definition) is 3. The van der Waals surface area contributed by atoms with Crippen molar-refractivity contribution in [3.63, 3.8) is 0 Å². The van der Waals surface area contributed by atoms with E-state index >= 15 is 0 Å². The van der Waals surface area contributed by atoms with E-state index in [1.54, 1.807) is 0 Å². The second-order valence-corrected chi connectivity index (χ2v) is 6.62. The molecular weight excluding hydrogens is 290 g/mol. The molecule has 23 heavy (non-hydrogen) atoms. The zero-order valence-corrected chi connectivity index (χ0v) is 13.8. The molecule has 4 heteroatoms. The van der Waals surface area contributed by atoms with Crippen LogP contribution in [0.25, 0.3) is 0 Å². The SMILES string of the molecule is Cc1cc(C)c(C(=O)CN2C(=O)C3CC=CCC3C2=O)c(C)c1. The van der Waals surface area contributed by atoms with Gasteiger partial charge in [0.2, 0.25) is 11.8 Å². The maximum absolute atomic E-state index is 12.7. The summed E-state index contributed by atoms with van der Waals surface area (Å²) >= 11 is 0. The van der Waals surface area contributed by atoms with E-state index in [1.807, 2.05) is 45.1 Å². The van der Waals surface area contributed by atoms with Crippen LogP contribution in [0.1, 0.15) is 39.9 Å². The fraction of sp³-hybridized carbons (Fsp3) is 0.421. The summed E-state index contributed by atoms with van der Waals surface area (Å²) in [6, 6.07) is 3.91. The number of Topliss-reactive ketones (excluding diaryl/α,β-unsaturated/α-hetero) is 1. The van der Waals surface area contributed by atoms with Crippen LogP contribution in [0.15, 0.2) is 24.3 Å². The van der Waals surface area contributed by atoms with Crippen LogP contribution in [0.3, 0.4) is 0 Å². The molecule has 1 heterocycles. The van der Waals surface area contributed by atoms with Gasteiger partial charge in [-0.2, -0.15) is 0 Å². The van der Waals surface area contributed by atoms with Gasteiger partial charge in [0.05, 0.1) is 18.4 Å². The molecule has 1 aliphatic heterocycles. The molecular formula is C19H21NO3. The zero-order valence-electron chi connectivity index (χ0n) is 13.8. The van der Waals surface area contributed by atoms with Gasteiger partial charge in [-0.3, -0.25) is 19.3 Å². The lowest BCUT2D eigenvalue weighted by molar-refractivity contribution is -0.139. The minimum Gasteiger partial charge on any atom is -0.292 e. The number of hydrogen-bond donors (Lipinski definition) is 0. The number of fused-ring (bicyclic) bond motifs is 1. The quantitative estimate of drug-likeness (QED) is 0.490. The zero-order chi connectivity index (χ0) is 16.7. The van der Waals surface area contributed by atoms with Crippen molar-refractivity contribution >= 4 is 17.6 Å². The van der Waals surface area contributed by atoms with Gasteiger partial charge >= 0.3 is 0 Å². The molecule has 0 N–H and O–H groups in total. The Morgan fingerprint density at radius 1 is 1.00 bits per heavy atom. The molecule has 0 aromatic heterocycles. The molecule has 1 fully saturated rings. The molecule has 0 radical (unpaired) electrons. The van der Waals surface area contributed by atoms with Gasteiger partial charge in [-0.1, -0.05) is 29.8 Å². The van der Waals surface area contributed by atoms with E-state index < -0.39 is 0 Å². The van der Waals surface area contributed by atoms with Crippen molar-refractivity contribution in [1.82, 2.24) is 4.90 Å². The van der Waals surface area contributed by atoms with Crippen LogP contribution in [0.5, 0.6) is 0 Å². The van der Waals surface area contributed by atoms with Crippen molar-refractivity contribution in [2.24, 2.45) is 11.8 Å². The summed E-state index contributed by atoms with van der Waals surface area (Å²) in [6.45, 7) is 5.63. The third kappa shape index (κ3) is 2.62. The standard InChI is InChI=1S/C19H21NO3/c1-11-8-12(2)17(13(3)9-11)16(21)10-20-18(22)14-6-4-5-7-15(14)19(20)23/h4-5,8-9,14-15H,6-7,10H2,1-3H3. The fourth-order valence-corrected chi connectivity index (χ4v) is 3.87. The molecule has 4 nitrogen and oxygen atoms in total. The van der Waals surface area contributed by atoms with Crippen LogP contribution in [0, 0.1) is 32.6 Å². The number of likely N-dealkylation sites (tertiary alicyclic amines) is 1. The first-order valence-electron chi connectivity index (χ1n) is 8.01. The van der Waals surface area contributed by atoms with Crippen molar-refractivity contribution in [2.45, 2.75) is 33.6 Å². The van der Waals surface area contributed by atoms with Crippen LogP contribution >= 0.6 is 0 Å². The number of aryl methyl sites for hydroxylation is 3. The number of ketones is 1. The molecule has 1 aliphatic carbocycles. The summed E-state index contributed by atoms with van der Waals surface area (Å²) in [6.07, 6.45) is 5.10. The van der Waals surface area contributed by atoms with Gasteiger partial charge in [-0.05, 0) is 44.7 Å². The highest BCUT2D eigenvalue weighted by molar-refractivity contribution is 6.10. The fourth-order valence-electron chi connectivity index (χ4n) is 3.87. The molecule has 1 aromatic carbocycles. The Labute approximate surface area is 136 Å². The maximum Gasteiger partial charge on any atom is 0.233 e. The average molecular weight is 311 g/mol. The highest BCUT2D eigenvalue weighted by atomic mass is 16.2. The van der Waals surface area contributed by atoms with Gasteiger partial charge in [0.15, 0.2) is 5.78 Å². The second-order valence-electron chi connectivity index (χ2n) is 6.62. The van der Waals surface area contributed by atoms with E-state index in [-0.39, 0.29) is 36.0 Å². The third-order valence-corrected chi connectivity index (χ3v) is 4.86. The summed E-state index contributed by atoms with van der Waals surface area (Å²) in [7, 11) is 0. The molecule has 0 bridgehead atoms. The summed E-state index contributed by atoms with van der Waals surface area (Å²) in [5, 5.41) is 0. The molecule has 2 amide bonds. The van der Waals surface area contributed by atoms with Crippen molar-refractivity contribution in [2.75, 3.05) is 6.54 Å². The number of nitrogens with zero attached hydrogens (tertiary/aromatic N) is 1. The lowest BCUT2D eigenvalue weighted by Gasteiger charge is -2.16. The molecule has 2 atom stereocenters. The first-order valence-corrected chi connectivity index (χ1v) is 8.01. The second kappa shape index (κ2) is 5.76. The number of imide groups is 1. The Morgan fingerprint density at radius 2 is 1.48 bits per heavy atom. The van der Waals surface area contributed by atoms with Crippen LogP contribution in [-0.4, -0.2) is 29.0 Å². The van der Waals surface area contributed by atoms with Gasteiger partial charge in [0, 0.05) is 5.56 Å². The maximum atomic E-state index is 12.7. The number of rotatable bonds is 3. The van der Waals surface area contributed by atoms with Gasteiger partial charge < -0.3 is 0 Å². The number of benzene rings is 1. The van der Waals surface area contributed by atoms with Gasteiger partial charge in [0.1, 0.15) is 0 Å². The molecule has 1 saturated heterocycles. The Balaban J connectivity index is 1.84. The number of carbonyl (C=O) groups is 3. The largest absolute Gasteiger partial charge is 0.292 e. The lowest BCUT2D eigenvalue weighted by atomic mass is 9.85. The first kappa shape index (κ1) is 15.7. The van der Waals surface area contributed by atoms with E-state index in [0.717, 1.165) is 16.7 Å². The van der Waals surface area contributed by atoms with E-state index in [2.05, 4.69) is 0 Å². The van der Waals surface area contributed by atoms with E-state index in [1.165, 1.54) is 4.90 Å². The monoisotopic (exact) mass is 311 g/mol. The normalized spacial score (nSPS) is 23.3. The Kier molecular flexibility index (Phi) is 3.92. The summed E-state index contributed by atoms with van der Waals surface area (Å²) in [5.74, 6) is -1.10. The van der Waals surface area contributed by atoms with Gasteiger partial charge in [0.25, 0.3) is 0 Å². The van der Waals surface area contributed by atoms with Crippen molar-refractivity contribution in [3.8, 4) is 0 Å². The van der Waals surface area contributed by atoms with Crippen LogP contribution in [-0.2, 0) is 9.59 Å². The molecule has 1 aromatic rings. The highest BCUT2D eigenvalue weighted by Gasteiger charge is 2.47. The predicted octanol–water partition coefficient (Wildman–Crippen LogP) is 2.75. The van der Waals surface area contributed by atoms with Crippen molar-refractivity contribution < 1.29 is 14.4 Å². The summed E-state index contributed by atoms with van der Waals surface area (Å²) < 4.78 is 0. The van der Waals surface area contributed by atoms with Gasteiger partial charge in [-0.15, -0.1) is 0 Å². The number of allylic oxidation sites excluding steroid dienone is 2. The van der Waals surface area contributed by atoms with Crippen LogP contribution < -0.4 is 0 Å². The number of amides is 2. The van der Waals surface area contributed by atoms with E-state index in [9.17, 15) is 14.4 Å². The van der Waals surface area contributed by atoms with E-state index in [4.69, 9.17) is 0 Å². The Morgan fingerprint density at radius 3 is 1.96 bits per heavy atom. The molecule has 0 spiro atoms. The molecule has 2 aliphatic rings. The summed E-state index contributed by atoms with van der Waals surface area (Å²) in [5.41, 5.74) is 3.52. The first-order chi connectivity index (χ1) is 10.9. The topological polar surface area (TPSA) is 54.5 Å². The Bertz CT molecular complexity index is 683. The number of carbonyl (C=O) groups excluding carboxylic acids is 3. The van der Waals surface area contributed by atoms with Crippen molar-refractivity contribution in [3.05, 3.63) is 46.5 Å². The molecule has 3 rings (SSSR count). The van der Waals surface area contributed by atoms with E-state index in [0.29, 0.717) is 18.4 Å². The predicted molar refractivity (Wildman–Crippen MR) is 87.1 cm³/mol. The van der Waals surface area contributed by atoms with Crippen molar-refractivity contribution in [1.29, 1.82) is 0 Å². The Hall–Kier alpha value is -2.23. The van der Waals surface area contributed by atoms with Crippen LogP contribution in [0.4, 0.5) is 0 Å². The third-order valence-electron chi connectivity index (χ3n) is 4.86. The average Bonchev–Trinajstić information content (AvgIpc) is 2.72. The summed E-state index contributed by atoms with van der Waals surface area (Å²) in [4.78, 5) is 38.8. The molecule has 2 unspecified atom stereocenters. The lowest BCUT2D eigenvalue weighted by Crippen LogP contribution is -2.36. The highest BCUT2D eigenvalue weighted by Crippen LogP contribution is 2.35. The minimum absolute atomic E-state index is 0.143. The molecule has 120 valence electrons. The molecule has 0 saturated carbocycles.